The predicted molar refractivity (Wildman–Crippen MR) is 251 cm³/mol. The van der Waals surface area contributed by atoms with Gasteiger partial charge in [-0.05, 0) is 158 Å². The minimum Gasteiger partial charge on any atom is -0.449 e. The molecule has 1 atom stereocenters. The minimum atomic E-state index is -1.87. The van der Waals surface area contributed by atoms with Gasteiger partial charge in [0.1, 0.15) is 0 Å². The molecular formula is C45H84N8O4S2. The first-order valence-corrected chi connectivity index (χ1v) is 26.5. The molecule has 0 radical (unpaired) electrons. The van der Waals surface area contributed by atoms with Gasteiger partial charge in [0.2, 0.25) is 0 Å². The van der Waals surface area contributed by atoms with E-state index in [1.165, 1.54) is 155 Å². The number of rotatable bonds is 0. The van der Waals surface area contributed by atoms with Gasteiger partial charge in [0, 0.05) is 79.3 Å². The maximum absolute atomic E-state index is 11.2. The average molecular weight is 865 g/mol. The van der Waals surface area contributed by atoms with Crippen LogP contribution in [0.2, 0.25) is 0 Å². The summed E-state index contributed by atoms with van der Waals surface area (Å²) in [6, 6.07) is 1.85. The smallest absolute Gasteiger partial charge is 0.407 e. The largest absolute Gasteiger partial charge is 0.449 e. The van der Waals surface area contributed by atoms with Gasteiger partial charge in [0.15, 0.2) is 0 Å². The monoisotopic (exact) mass is 865 g/mol. The zero-order valence-corrected chi connectivity index (χ0v) is 38.3. The van der Waals surface area contributed by atoms with E-state index in [1.54, 1.807) is 11.8 Å². The maximum atomic E-state index is 11.2. The second-order valence-corrected chi connectivity index (χ2v) is 20.2. The number of allylic oxidation sites excluding steroid dienone is 1. The van der Waals surface area contributed by atoms with Crippen LogP contribution < -0.4 is 31.3 Å². The van der Waals surface area contributed by atoms with Crippen LogP contribution >= 0.6 is 11.8 Å². The first-order valence-electron chi connectivity index (χ1n) is 23.6. The van der Waals surface area contributed by atoms with Crippen LogP contribution in [0.15, 0.2) is 35.5 Å². The first-order chi connectivity index (χ1) is 29.0. The molecule has 0 aromatic carbocycles. The Balaban J connectivity index is 0.000000150. The SMILES string of the molecule is C1=CNCCC1.C1=CSC=CN1.C1CC2CCC1O2.C1CCN2CCCCC2C1.C1CCNCC1.C1CN2CCC1NC2.C=S1(=O)CCCCCN1.O=C1NCCCO1. The van der Waals surface area contributed by atoms with E-state index in [9.17, 15) is 9.00 Å². The molecule has 12 rings (SSSR count). The summed E-state index contributed by atoms with van der Waals surface area (Å²) < 4.78 is 24.1. The van der Waals surface area contributed by atoms with Crippen LogP contribution in [-0.2, 0) is 19.2 Å². The van der Waals surface area contributed by atoms with Crippen molar-refractivity contribution in [2.24, 2.45) is 0 Å². The highest BCUT2D eigenvalue weighted by atomic mass is 32.2. The van der Waals surface area contributed by atoms with E-state index in [-0.39, 0.29) is 6.09 Å². The summed E-state index contributed by atoms with van der Waals surface area (Å²) in [6.07, 6.45) is 37.1. The lowest BCUT2D eigenvalue weighted by molar-refractivity contribution is 0.105. The third-order valence-corrected chi connectivity index (χ3v) is 14.4. The molecule has 0 aromatic rings. The van der Waals surface area contributed by atoms with Crippen molar-refractivity contribution in [3.8, 4) is 0 Å². The maximum Gasteiger partial charge on any atom is 0.407 e. The summed E-state index contributed by atoms with van der Waals surface area (Å²) in [6.45, 7) is 12.5. The van der Waals surface area contributed by atoms with Crippen LogP contribution in [0, 0.1) is 0 Å². The molecule has 0 spiro atoms. The molecule has 10 fully saturated rings. The van der Waals surface area contributed by atoms with E-state index < -0.39 is 9.71 Å². The quantitative estimate of drug-likeness (QED) is 0.144. The molecule has 6 N–H and O–H groups in total. The molecule has 1 unspecified atom stereocenters. The van der Waals surface area contributed by atoms with Crippen molar-refractivity contribution < 1.29 is 18.5 Å². The van der Waals surface area contributed by atoms with E-state index in [1.807, 2.05) is 29.4 Å². The van der Waals surface area contributed by atoms with Gasteiger partial charge in [0.25, 0.3) is 0 Å². The van der Waals surface area contributed by atoms with Crippen molar-refractivity contribution in [2.45, 2.75) is 159 Å². The Labute approximate surface area is 364 Å². The van der Waals surface area contributed by atoms with Crippen molar-refractivity contribution in [2.75, 3.05) is 77.9 Å². The number of carbonyl (C=O) groups is 1. The number of hydrogen-bond acceptors (Lipinski definition) is 11. The fraction of sp³-hybridized carbons (Fsp3) is 0.822. The normalized spacial score (nSPS) is 31.3. The Morgan fingerprint density at radius 2 is 1.37 bits per heavy atom. The highest BCUT2D eigenvalue weighted by Crippen LogP contribution is 2.33. The Kier molecular flexibility index (Phi) is 27.0. The molecule has 14 heteroatoms. The van der Waals surface area contributed by atoms with E-state index in [0.717, 1.165) is 63.4 Å². The van der Waals surface area contributed by atoms with Gasteiger partial charge in [-0.2, -0.15) is 0 Å². The standard InChI is InChI=1S/C9H17N.C6H12N2.C6H13NOS.C6H10O.C5H11N.C5H9N.C4H7NO2.C4H5NS/c1-3-7-10-8-4-2-6-9(10)5-1;1-3-8-4-2-6(1)7-5-8;1-9(8)6-4-2-3-5-7-9;1-2-6-4-3-5(1)7-6;2*1-2-4-6-5-3-1;6-4-5-2-1-3-7-4;1-3-6-4-2-5-1/h9H,1-8H2;6-7H,1-5H2;1-6H2,(H,7,8);5-6H,1-4H2;6H,1-5H2;2,4,6H,1,3,5H2;1-3H2,(H,5,6);1-5H. The molecule has 12 aliphatic rings. The lowest BCUT2D eigenvalue weighted by Crippen LogP contribution is -2.54. The number of piperidine rings is 4. The van der Waals surface area contributed by atoms with Gasteiger partial charge in [-0.15, -0.1) is 11.8 Å². The summed E-state index contributed by atoms with van der Waals surface area (Å²) in [5.41, 5.74) is 0. The van der Waals surface area contributed by atoms with Crippen LogP contribution in [0.5, 0.6) is 0 Å². The lowest BCUT2D eigenvalue weighted by atomic mass is 9.93. The Morgan fingerprint density at radius 3 is 1.69 bits per heavy atom. The number of cyclic esters (lactones) is 1. The van der Waals surface area contributed by atoms with E-state index in [0.29, 0.717) is 18.8 Å². The van der Waals surface area contributed by atoms with Gasteiger partial charge < -0.3 is 41.0 Å². The number of nitrogens with zero attached hydrogens (tertiary/aromatic N) is 2. The van der Waals surface area contributed by atoms with Crippen LogP contribution in [0.4, 0.5) is 4.79 Å². The highest BCUT2D eigenvalue weighted by Gasteiger charge is 2.31. The summed E-state index contributed by atoms with van der Waals surface area (Å²) in [4.78, 5) is 15.3. The van der Waals surface area contributed by atoms with Crippen molar-refractivity contribution >= 4 is 33.4 Å². The molecular weight excluding hydrogens is 781 g/mol. The zero-order chi connectivity index (χ0) is 41.5. The number of thioether (sulfide) groups is 1. The average Bonchev–Trinajstić information content (AvgIpc) is 3.93. The fourth-order valence-corrected chi connectivity index (χ4v) is 10.3. The number of hydrogen-bond donors (Lipinski definition) is 6. The Hall–Kier alpha value is -1.78. The van der Waals surface area contributed by atoms with Crippen LogP contribution in [0.25, 0.3) is 0 Å². The number of nitrogens with one attached hydrogen (secondary N) is 6. The van der Waals surface area contributed by atoms with Crippen LogP contribution in [0.1, 0.15) is 135 Å². The van der Waals surface area contributed by atoms with Gasteiger partial charge in [0.05, 0.1) is 18.8 Å². The summed E-state index contributed by atoms with van der Waals surface area (Å²) in [5.74, 6) is 4.36. The van der Waals surface area contributed by atoms with Crippen molar-refractivity contribution in [1.29, 1.82) is 0 Å². The predicted octanol–water partition coefficient (Wildman–Crippen LogP) is 6.78. The molecule has 59 heavy (non-hydrogen) atoms. The summed E-state index contributed by atoms with van der Waals surface area (Å²) >= 11 is 1.67. The Morgan fingerprint density at radius 1 is 0.695 bits per heavy atom. The van der Waals surface area contributed by atoms with Gasteiger partial charge >= 0.3 is 6.09 Å². The molecule has 340 valence electrons. The number of alkyl carbamates (subject to hydrolysis) is 1. The first kappa shape index (κ1) is 49.9. The summed E-state index contributed by atoms with van der Waals surface area (Å²) in [5, 5.41) is 19.2. The highest BCUT2D eigenvalue weighted by molar-refractivity contribution is 8.04. The van der Waals surface area contributed by atoms with E-state index in [4.69, 9.17) is 4.74 Å². The van der Waals surface area contributed by atoms with Crippen molar-refractivity contribution in [3.63, 3.8) is 0 Å². The molecule has 10 saturated heterocycles. The summed E-state index contributed by atoms with van der Waals surface area (Å²) in [7, 11) is -1.87. The van der Waals surface area contributed by atoms with Crippen LogP contribution in [0.3, 0.4) is 0 Å². The van der Waals surface area contributed by atoms with Gasteiger partial charge in [-0.25, -0.2) is 9.52 Å². The second kappa shape index (κ2) is 32.0. The number of fused-ring (bicyclic) bond motifs is 6. The minimum absolute atomic E-state index is 0.286. The third kappa shape index (κ3) is 24.4. The molecule has 0 aliphatic carbocycles. The third-order valence-electron chi connectivity index (χ3n) is 12.1. The van der Waals surface area contributed by atoms with Crippen LogP contribution in [-0.4, -0.2) is 128 Å². The number of amides is 1. The second-order valence-electron chi connectivity index (χ2n) is 17.1. The molecule has 0 saturated carbocycles. The number of carbonyl (C=O) groups excluding carboxylic acids is 1. The molecule has 12 nitrogen and oxygen atoms in total. The fourth-order valence-electron chi connectivity index (χ4n) is 8.58. The molecule has 12 aliphatic heterocycles. The van der Waals surface area contributed by atoms with Gasteiger partial charge in [-0.3, -0.25) is 9.11 Å². The van der Waals surface area contributed by atoms with Crippen molar-refractivity contribution in [3.05, 3.63) is 35.5 Å². The molecule has 4 bridgehead atoms. The zero-order valence-electron chi connectivity index (χ0n) is 36.7. The van der Waals surface area contributed by atoms with Crippen molar-refractivity contribution in [1.82, 2.24) is 41.1 Å². The Bertz CT molecular complexity index is 1140. The molecule has 12 heterocycles. The van der Waals surface area contributed by atoms with E-state index >= 15 is 0 Å². The lowest BCUT2D eigenvalue weighted by Gasteiger charge is -2.39. The van der Waals surface area contributed by atoms with E-state index in [2.05, 4.69) is 57.8 Å². The van der Waals surface area contributed by atoms with Gasteiger partial charge in [-0.1, -0.05) is 31.8 Å². The number of ether oxygens (including phenoxy) is 2. The topological polar surface area (TPSA) is 131 Å². The molecule has 0 aromatic heterocycles. The molecule has 1 amide bonds.